The molecule has 1 aliphatic carbocycles. The molecule has 1 unspecified atom stereocenters. The molecule has 1 atom stereocenters. The molecule has 0 bridgehead atoms. The summed E-state index contributed by atoms with van der Waals surface area (Å²) in [7, 11) is 0. The maximum atomic E-state index is 12.1. The molecule has 0 aliphatic heterocycles. The molecule has 2 nitrogen and oxygen atoms in total. The van der Waals surface area contributed by atoms with E-state index in [1.807, 2.05) is 35.7 Å². The van der Waals surface area contributed by atoms with Crippen LogP contribution in [0.4, 0.5) is 0 Å². The van der Waals surface area contributed by atoms with Gasteiger partial charge in [0, 0.05) is 0 Å². The second kappa shape index (κ2) is 4.94. The first kappa shape index (κ1) is 11.5. The van der Waals surface area contributed by atoms with Gasteiger partial charge < -0.3 is 5.32 Å². The van der Waals surface area contributed by atoms with Crippen LogP contribution < -0.4 is 5.32 Å². The zero-order valence-electron chi connectivity index (χ0n) is 10.0. The minimum atomic E-state index is 0.0470. The average Bonchev–Trinajstić information content (AvgIpc) is 3.10. The van der Waals surface area contributed by atoms with E-state index in [1.165, 1.54) is 29.7 Å². The second-order valence-corrected chi connectivity index (χ2v) is 5.62. The maximum Gasteiger partial charge on any atom is 0.261 e. The standard InChI is InChI=1S/C15H15NOS/c17-15(13-7-4-10-18-13)16-14(12-8-9-12)11-5-2-1-3-6-11/h1-7,10,12,14H,8-9H2,(H,16,17). The van der Waals surface area contributed by atoms with E-state index in [-0.39, 0.29) is 11.9 Å². The van der Waals surface area contributed by atoms with Crippen molar-refractivity contribution in [3.05, 3.63) is 58.3 Å². The normalized spacial score (nSPS) is 16.2. The molecule has 1 N–H and O–H groups in total. The molecule has 1 amide bonds. The first-order valence-corrected chi connectivity index (χ1v) is 7.12. The van der Waals surface area contributed by atoms with Crippen LogP contribution in [0.1, 0.15) is 34.1 Å². The molecule has 3 rings (SSSR count). The lowest BCUT2D eigenvalue weighted by Crippen LogP contribution is -2.29. The largest absolute Gasteiger partial charge is 0.344 e. The third-order valence-corrected chi connectivity index (χ3v) is 4.15. The fourth-order valence-corrected chi connectivity index (χ4v) is 2.81. The highest BCUT2D eigenvalue weighted by atomic mass is 32.1. The lowest BCUT2D eigenvalue weighted by Gasteiger charge is -2.18. The van der Waals surface area contributed by atoms with Gasteiger partial charge in [0.2, 0.25) is 0 Å². The topological polar surface area (TPSA) is 29.1 Å². The van der Waals surface area contributed by atoms with Crippen molar-refractivity contribution in [3.8, 4) is 0 Å². The molecule has 3 heteroatoms. The van der Waals surface area contributed by atoms with Crippen LogP contribution in [0.25, 0.3) is 0 Å². The van der Waals surface area contributed by atoms with Gasteiger partial charge in [-0.3, -0.25) is 4.79 Å². The van der Waals surface area contributed by atoms with Crippen LogP contribution in [0.3, 0.4) is 0 Å². The monoisotopic (exact) mass is 257 g/mol. The summed E-state index contributed by atoms with van der Waals surface area (Å²) in [4.78, 5) is 12.9. The van der Waals surface area contributed by atoms with Crippen molar-refractivity contribution in [2.24, 2.45) is 5.92 Å². The Balaban J connectivity index is 1.77. The highest BCUT2D eigenvalue weighted by molar-refractivity contribution is 7.12. The summed E-state index contributed by atoms with van der Waals surface area (Å²) in [5, 5.41) is 5.10. The molecular weight excluding hydrogens is 242 g/mol. The van der Waals surface area contributed by atoms with Gasteiger partial charge in [-0.1, -0.05) is 36.4 Å². The molecule has 1 aromatic heterocycles. The highest BCUT2D eigenvalue weighted by Crippen LogP contribution is 2.41. The summed E-state index contributed by atoms with van der Waals surface area (Å²) in [6.07, 6.45) is 2.43. The Morgan fingerprint density at radius 1 is 1.17 bits per heavy atom. The first-order chi connectivity index (χ1) is 8.84. The molecule has 1 heterocycles. The van der Waals surface area contributed by atoms with Gasteiger partial charge in [0.25, 0.3) is 5.91 Å². The molecule has 2 aromatic rings. The Bertz CT molecular complexity index is 517. The average molecular weight is 257 g/mol. The van der Waals surface area contributed by atoms with Crippen molar-refractivity contribution in [2.45, 2.75) is 18.9 Å². The number of carbonyl (C=O) groups excluding carboxylic acids is 1. The van der Waals surface area contributed by atoms with Crippen molar-refractivity contribution < 1.29 is 4.79 Å². The third kappa shape index (κ3) is 2.46. The molecule has 1 fully saturated rings. The summed E-state index contributed by atoms with van der Waals surface area (Å²) in [6.45, 7) is 0. The maximum absolute atomic E-state index is 12.1. The predicted octanol–water partition coefficient (Wildman–Crippen LogP) is 3.63. The Kier molecular flexibility index (Phi) is 3.15. The predicted molar refractivity (Wildman–Crippen MR) is 73.7 cm³/mol. The van der Waals surface area contributed by atoms with E-state index in [2.05, 4.69) is 17.4 Å². The van der Waals surface area contributed by atoms with Crippen LogP contribution in [-0.2, 0) is 0 Å². The molecule has 1 aliphatic rings. The molecule has 18 heavy (non-hydrogen) atoms. The molecule has 0 spiro atoms. The number of nitrogens with one attached hydrogen (secondary N) is 1. The van der Waals surface area contributed by atoms with E-state index < -0.39 is 0 Å². The zero-order chi connectivity index (χ0) is 12.4. The van der Waals surface area contributed by atoms with Crippen molar-refractivity contribution in [2.75, 3.05) is 0 Å². The number of benzene rings is 1. The van der Waals surface area contributed by atoms with Gasteiger partial charge in [-0.15, -0.1) is 11.3 Å². The SMILES string of the molecule is O=C(NC(c1ccccc1)C1CC1)c1cccs1. The summed E-state index contributed by atoms with van der Waals surface area (Å²) >= 11 is 1.49. The highest BCUT2D eigenvalue weighted by Gasteiger charge is 2.33. The van der Waals surface area contributed by atoms with E-state index in [9.17, 15) is 4.79 Å². The van der Waals surface area contributed by atoms with E-state index in [4.69, 9.17) is 0 Å². The van der Waals surface area contributed by atoms with Crippen molar-refractivity contribution >= 4 is 17.2 Å². The van der Waals surface area contributed by atoms with E-state index in [1.54, 1.807) is 0 Å². The minimum absolute atomic E-state index is 0.0470. The minimum Gasteiger partial charge on any atom is -0.344 e. The lowest BCUT2D eigenvalue weighted by atomic mass is 10.0. The van der Waals surface area contributed by atoms with Crippen LogP contribution >= 0.6 is 11.3 Å². The zero-order valence-corrected chi connectivity index (χ0v) is 10.8. The smallest absolute Gasteiger partial charge is 0.261 e. The first-order valence-electron chi connectivity index (χ1n) is 6.24. The molecule has 1 aromatic carbocycles. The quantitative estimate of drug-likeness (QED) is 0.890. The van der Waals surface area contributed by atoms with E-state index in [0.29, 0.717) is 5.92 Å². The van der Waals surface area contributed by atoms with Crippen LogP contribution in [0.15, 0.2) is 47.8 Å². The summed E-state index contributed by atoms with van der Waals surface area (Å²) in [5.74, 6) is 0.655. The van der Waals surface area contributed by atoms with Gasteiger partial charge in [-0.2, -0.15) is 0 Å². The van der Waals surface area contributed by atoms with E-state index in [0.717, 1.165) is 4.88 Å². The van der Waals surface area contributed by atoms with Crippen LogP contribution in [0.2, 0.25) is 0 Å². The van der Waals surface area contributed by atoms with Gasteiger partial charge in [0.15, 0.2) is 0 Å². The number of amides is 1. The Hall–Kier alpha value is -1.61. The summed E-state index contributed by atoms with van der Waals surface area (Å²) in [6, 6.07) is 14.2. The van der Waals surface area contributed by atoms with Gasteiger partial charge in [0.05, 0.1) is 10.9 Å². The summed E-state index contributed by atoms with van der Waals surface area (Å²) in [5.41, 5.74) is 1.21. The van der Waals surface area contributed by atoms with Crippen LogP contribution in [-0.4, -0.2) is 5.91 Å². The number of rotatable bonds is 4. The van der Waals surface area contributed by atoms with Crippen LogP contribution in [0, 0.1) is 5.92 Å². The number of thiophene rings is 1. The molecule has 92 valence electrons. The third-order valence-electron chi connectivity index (χ3n) is 3.28. The summed E-state index contributed by atoms with van der Waals surface area (Å²) < 4.78 is 0. The van der Waals surface area contributed by atoms with E-state index >= 15 is 0 Å². The molecular formula is C15H15NOS. The Morgan fingerprint density at radius 2 is 1.94 bits per heavy atom. The van der Waals surface area contributed by atoms with Gasteiger partial charge in [-0.05, 0) is 35.8 Å². The fourth-order valence-electron chi connectivity index (χ4n) is 2.18. The van der Waals surface area contributed by atoms with Crippen molar-refractivity contribution in [3.63, 3.8) is 0 Å². The van der Waals surface area contributed by atoms with Crippen molar-refractivity contribution in [1.82, 2.24) is 5.32 Å². The van der Waals surface area contributed by atoms with Crippen molar-refractivity contribution in [1.29, 1.82) is 0 Å². The number of hydrogen-bond donors (Lipinski definition) is 1. The number of carbonyl (C=O) groups is 1. The van der Waals surface area contributed by atoms with Gasteiger partial charge in [-0.25, -0.2) is 0 Å². The molecule has 0 radical (unpaired) electrons. The lowest BCUT2D eigenvalue weighted by molar-refractivity contribution is 0.0936. The van der Waals surface area contributed by atoms with Gasteiger partial charge >= 0.3 is 0 Å². The fraction of sp³-hybridized carbons (Fsp3) is 0.267. The second-order valence-electron chi connectivity index (χ2n) is 4.68. The van der Waals surface area contributed by atoms with Crippen LogP contribution in [0.5, 0.6) is 0 Å². The Morgan fingerprint density at radius 3 is 2.56 bits per heavy atom. The Labute approximate surface area is 111 Å². The number of hydrogen-bond acceptors (Lipinski definition) is 2. The molecule has 1 saturated carbocycles. The molecule has 0 saturated heterocycles. The van der Waals surface area contributed by atoms with Gasteiger partial charge in [0.1, 0.15) is 0 Å².